The first kappa shape index (κ1) is 15.2. The summed E-state index contributed by atoms with van der Waals surface area (Å²) in [6.45, 7) is 1.88. The Hall–Kier alpha value is -1.17. The SMILES string of the molecule is C[C@@H](NC(=O)c1cc(Cl)nnc1Cl)c1ccc(Br)cc1. The lowest BCUT2D eigenvalue weighted by atomic mass is 10.1. The number of hydrogen-bond acceptors (Lipinski definition) is 3. The zero-order valence-corrected chi connectivity index (χ0v) is 13.5. The third-order valence-electron chi connectivity index (χ3n) is 2.68. The van der Waals surface area contributed by atoms with E-state index in [4.69, 9.17) is 23.2 Å². The second-order valence-electron chi connectivity index (χ2n) is 4.12. The minimum Gasteiger partial charge on any atom is -0.345 e. The summed E-state index contributed by atoms with van der Waals surface area (Å²) in [5.74, 6) is -0.345. The summed E-state index contributed by atoms with van der Waals surface area (Å²) in [6, 6.07) is 8.90. The summed E-state index contributed by atoms with van der Waals surface area (Å²) in [6.07, 6.45) is 0. The molecule has 0 spiro atoms. The Morgan fingerprint density at radius 3 is 2.55 bits per heavy atom. The second-order valence-corrected chi connectivity index (χ2v) is 5.78. The van der Waals surface area contributed by atoms with Crippen LogP contribution in [-0.4, -0.2) is 16.1 Å². The van der Waals surface area contributed by atoms with Crippen LogP contribution in [0.15, 0.2) is 34.8 Å². The number of aromatic nitrogens is 2. The van der Waals surface area contributed by atoms with Crippen molar-refractivity contribution in [2.24, 2.45) is 0 Å². The quantitative estimate of drug-likeness (QED) is 0.881. The van der Waals surface area contributed by atoms with E-state index in [2.05, 4.69) is 31.4 Å². The van der Waals surface area contributed by atoms with Crippen LogP contribution in [0.25, 0.3) is 0 Å². The number of nitrogens with one attached hydrogen (secondary N) is 1. The molecule has 1 N–H and O–H groups in total. The van der Waals surface area contributed by atoms with E-state index in [1.165, 1.54) is 6.07 Å². The molecule has 1 aromatic carbocycles. The fourth-order valence-electron chi connectivity index (χ4n) is 1.62. The summed E-state index contributed by atoms with van der Waals surface area (Å²) in [5, 5.41) is 10.2. The number of halogens is 3. The van der Waals surface area contributed by atoms with Crippen LogP contribution in [0.1, 0.15) is 28.9 Å². The Labute approximate surface area is 134 Å². The molecule has 2 rings (SSSR count). The van der Waals surface area contributed by atoms with Gasteiger partial charge in [0.2, 0.25) is 0 Å². The minimum absolute atomic E-state index is 0.0231. The predicted octanol–water partition coefficient (Wildman–Crippen LogP) is 4.04. The third kappa shape index (κ3) is 3.69. The van der Waals surface area contributed by atoms with Crippen LogP contribution in [0.2, 0.25) is 10.3 Å². The van der Waals surface area contributed by atoms with Gasteiger partial charge in [-0.3, -0.25) is 4.79 Å². The normalized spacial score (nSPS) is 12.0. The topological polar surface area (TPSA) is 54.9 Å². The van der Waals surface area contributed by atoms with Crippen molar-refractivity contribution < 1.29 is 4.79 Å². The first-order valence-electron chi connectivity index (χ1n) is 5.72. The van der Waals surface area contributed by atoms with E-state index in [0.29, 0.717) is 0 Å². The first-order valence-corrected chi connectivity index (χ1v) is 7.27. The molecule has 20 heavy (non-hydrogen) atoms. The van der Waals surface area contributed by atoms with Crippen LogP contribution in [0, 0.1) is 0 Å². The van der Waals surface area contributed by atoms with Gasteiger partial charge in [0.15, 0.2) is 10.3 Å². The molecule has 0 aliphatic heterocycles. The molecule has 4 nitrogen and oxygen atoms in total. The number of rotatable bonds is 3. The van der Waals surface area contributed by atoms with Crippen molar-refractivity contribution in [3.63, 3.8) is 0 Å². The maximum absolute atomic E-state index is 12.1. The van der Waals surface area contributed by atoms with Crippen molar-refractivity contribution >= 4 is 45.0 Å². The summed E-state index contributed by atoms with van der Waals surface area (Å²) in [7, 11) is 0. The van der Waals surface area contributed by atoms with E-state index >= 15 is 0 Å². The molecular weight excluding hydrogens is 365 g/mol. The van der Waals surface area contributed by atoms with Crippen molar-refractivity contribution in [3.05, 3.63) is 56.2 Å². The minimum atomic E-state index is -0.345. The van der Waals surface area contributed by atoms with Gasteiger partial charge in [0.25, 0.3) is 5.91 Å². The van der Waals surface area contributed by atoms with E-state index in [-0.39, 0.29) is 27.8 Å². The van der Waals surface area contributed by atoms with Crippen LogP contribution < -0.4 is 5.32 Å². The van der Waals surface area contributed by atoms with Gasteiger partial charge < -0.3 is 5.32 Å². The highest BCUT2D eigenvalue weighted by Gasteiger charge is 2.16. The van der Waals surface area contributed by atoms with Crippen molar-refractivity contribution in [2.75, 3.05) is 0 Å². The molecule has 0 aliphatic carbocycles. The number of nitrogens with zero attached hydrogens (tertiary/aromatic N) is 2. The van der Waals surface area contributed by atoms with Crippen LogP contribution in [-0.2, 0) is 0 Å². The lowest BCUT2D eigenvalue weighted by Gasteiger charge is -2.14. The second kappa shape index (κ2) is 6.52. The molecule has 0 fully saturated rings. The van der Waals surface area contributed by atoms with Crippen molar-refractivity contribution in [1.29, 1.82) is 0 Å². The smallest absolute Gasteiger partial charge is 0.255 e. The molecule has 0 saturated heterocycles. The van der Waals surface area contributed by atoms with Crippen LogP contribution >= 0.6 is 39.1 Å². The molecule has 1 aromatic heterocycles. The monoisotopic (exact) mass is 373 g/mol. The molecule has 0 radical (unpaired) electrons. The first-order chi connectivity index (χ1) is 9.47. The third-order valence-corrected chi connectivity index (χ3v) is 3.67. The maximum Gasteiger partial charge on any atom is 0.255 e. The lowest BCUT2D eigenvalue weighted by Crippen LogP contribution is -2.27. The van der Waals surface area contributed by atoms with Gasteiger partial charge in [-0.1, -0.05) is 51.3 Å². The number of carbonyl (C=O) groups excluding carboxylic acids is 1. The lowest BCUT2D eigenvalue weighted by molar-refractivity contribution is 0.0939. The van der Waals surface area contributed by atoms with E-state index in [1.54, 1.807) is 0 Å². The zero-order chi connectivity index (χ0) is 14.7. The summed E-state index contributed by atoms with van der Waals surface area (Å²) in [5.41, 5.74) is 1.18. The predicted molar refractivity (Wildman–Crippen MR) is 82.1 cm³/mol. The molecule has 1 amide bonds. The average Bonchev–Trinajstić information content (AvgIpc) is 2.42. The maximum atomic E-state index is 12.1. The Morgan fingerprint density at radius 1 is 1.25 bits per heavy atom. The Bertz CT molecular complexity index is 634. The van der Waals surface area contributed by atoms with Gasteiger partial charge in [0.1, 0.15) is 0 Å². The van der Waals surface area contributed by atoms with Crippen molar-refractivity contribution in [1.82, 2.24) is 15.5 Å². The van der Waals surface area contributed by atoms with Gasteiger partial charge in [-0.2, -0.15) is 0 Å². The molecule has 104 valence electrons. The summed E-state index contributed by atoms with van der Waals surface area (Å²) >= 11 is 14.9. The number of amides is 1. The van der Waals surface area contributed by atoms with Gasteiger partial charge in [-0.15, -0.1) is 10.2 Å². The number of carbonyl (C=O) groups is 1. The van der Waals surface area contributed by atoms with Crippen LogP contribution in [0.3, 0.4) is 0 Å². The van der Waals surface area contributed by atoms with E-state index in [1.807, 2.05) is 31.2 Å². The fourth-order valence-corrected chi connectivity index (χ4v) is 2.21. The largest absolute Gasteiger partial charge is 0.345 e. The van der Waals surface area contributed by atoms with Crippen LogP contribution in [0.5, 0.6) is 0 Å². The van der Waals surface area contributed by atoms with Gasteiger partial charge in [-0.25, -0.2) is 0 Å². The van der Waals surface area contributed by atoms with Gasteiger partial charge in [-0.05, 0) is 30.7 Å². The van der Waals surface area contributed by atoms with Crippen molar-refractivity contribution in [3.8, 4) is 0 Å². The molecule has 1 heterocycles. The van der Waals surface area contributed by atoms with Crippen molar-refractivity contribution in [2.45, 2.75) is 13.0 Å². The fraction of sp³-hybridized carbons (Fsp3) is 0.154. The van der Waals surface area contributed by atoms with E-state index in [0.717, 1.165) is 10.0 Å². The van der Waals surface area contributed by atoms with E-state index < -0.39 is 0 Å². The Morgan fingerprint density at radius 2 is 1.90 bits per heavy atom. The molecule has 1 atom stereocenters. The molecule has 0 saturated carbocycles. The van der Waals surface area contributed by atoms with Gasteiger partial charge >= 0.3 is 0 Å². The number of hydrogen-bond donors (Lipinski definition) is 1. The Balaban J connectivity index is 2.15. The van der Waals surface area contributed by atoms with Gasteiger partial charge in [0.05, 0.1) is 11.6 Å². The molecular formula is C13H10BrCl2N3O. The number of benzene rings is 1. The highest BCUT2D eigenvalue weighted by atomic mass is 79.9. The van der Waals surface area contributed by atoms with Gasteiger partial charge in [0, 0.05) is 4.47 Å². The summed E-state index contributed by atoms with van der Waals surface area (Å²) < 4.78 is 0.980. The molecule has 0 bridgehead atoms. The molecule has 2 aromatic rings. The standard InChI is InChI=1S/C13H10BrCl2N3O/c1-7(8-2-4-9(14)5-3-8)17-13(20)10-6-11(15)18-19-12(10)16/h2-7H,1H3,(H,17,20)/t7-/m1/s1. The molecule has 7 heteroatoms. The van der Waals surface area contributed by atoms with E-state index in [9.17, 15) is 4.79 Å². The molecule has 0 aliphatic rings. The summed E-state index contributed by atoms with van der Waals surface area (Å²) in [4.78, 5) is 12.1. The highest BCUT2D eigenvalue weighted by Crippen LogP contribution is 2.19. The average molecular weight is 375 g/mol. The zero-order valence-electron chi connectivity index (χ0n) is 10.4. The highest BCUT2D eigenvalue weighted by molar-refractivity contribution is 9.10. The molecule has 0 unspecified atom stereocenters. The van der Waals surface area contributed by atoms with Crippen LogP contribution in [0.4, 0.5) is 0 Å². The Kier molecular flexibility index (Phi) is 4.96.